The highest BCUT2D eigenvalue weighted by Gasteiger charge is 2.32. The van der Waals surface area contributed by atoms with E-state index in [-0.39, 0.29) is 23.8 Å². The van der Waals surface area contributed by atoms with Crippen molar-refractivity contribution in [2.24, 2.45) is 0 Å². The predicted octanol–water partition coefficient (Wildman–Crippen LogP) is 1.84. The number of rotatable bonds is 6. The van der Waals surface area contributed by atoms with Gasteiger partial charge < -0.3 is 15.3 Å². The number of carbonyl (C=O) groups is 3. The number of aromatic carboxylic acids is 1. The number of nitrogens with one attached hydrogen (secondary N) is 1. The van der Waals surface area contributed by atoms with Gasteiger partial charge in [-0.05, 0) is 29.7 Å². The van der Waals surface area contributed by atoms with Gasteiger partial charge in [0.1, 0.15) is 6.04 Å². The van der Waals surface area contributed by atoms with E-state index in [0.717, 1.165) is 5.56 Å². The van der Waals surface area contributed by atoms with Crippen LogP contribution >= 0.6 is 0 Å². The van der Waals surface area contributed by atoms with Crippen LogP contribution in [-0.4, -0.2) is 40.4 Å². The second-order valence-corrected chi connectivity index (χ2v) is 6.34. The molecule has 0 spiro atoms. The van der Waals surface area contributed by atoms with E-state index < -0.39 is 12.0 Å². The lowest BCUT2D eigenvalue weighted by Gasteiger charge is -2.17. The van der Waals surface area contributed by atoms with Gasteiger partial charge in [0.15, 0.2) is 0 Å². The highest BCUT2D eigenvalue weighted by molar-refractivity contribution is 5.90. The Morgan fingerprint density at radius 3 is 2.54 bits per heavy atom. The van der Waals surface area contributed by atoms with Crippen molar-refractivity contribution in [3.05, 3.63) is 71.3 Å². The summed E-state index contributed by atoms with van der Waals surface area (Å²) in [7, 11) is 0. The third-order valence-corrected chi connectivity index (χ3v) is 4.39. The Morgan fingerprint density at radius 1 is 1.08 bits per heavy atom. The van der Waals surface area contributed by atoms with Gasteiger partial charge in [0.05, 0.1) is 12.0 Å². The quantitative estimate of drug-likeness (QED) is 0.831. The number of likely N-dealkylation sites (tertiary alicyclic amines) is 1. The molecule has 1 aliphatic heterocycles. The van der Waals surface area contributed by atoms with E-state index in [1.165, 1.54) is 12.1 Å². The molecule has 2 aromatic rings. The first kappa shape index (κ1) is 17.7. The molecule has 1 heterocycles. The summed E-state index contributed by atoms with van der Waals surface area (Å²) in [4.78, 5) is 37.4. The van der Waals surface area contributed by atoms with Crippen LogP contribution in [0.5, 0.6) is 0 Å². The minimum absolute atomic E-state index is 0.0452. The minimum Gasteiger partial charge on any atom is -0.478 e. The number of carboxylic acids is 1. The van der Waals surface area contributed by atoms with Crippen LogP contribution in [-0.2, 0) is 22.6 Å². The Labute approximate surface area is 151 Å². The summed E-state index contributed by atoms with van der Waals surface area (Å²) >= 11 is 0. The molecule has 0 bridgehead atoms. The highest BCUT2D eigenvalue weighted by atomic mass is 16.4. The van der Waals surface area contributed by atoms with Crippen molar-refractivity contribution < 1.29 is 19.5 Å². The van der Waals surface area contributed by atoms with Crippen molar-refractivity contribution >= 4 is 17.8 Å². The average molecular weight is 352 g/mol. The van der Waals surface area contributed by atoms with E-state index in [2.05, 4.69) is 5.32 Å². The molecule has 2 amide bonds. The third kappa shape index (κ3) is 4.27. The summed E-state index contributed by atoms with van der Waals surface area (Å²) in [5.74, 6) is -1.40. The van der Waals surface area contributed by atoms with Crippen molar-refractivity contribution in [2.45, 2.75) is 25.4 Å². The van der Waals surface area contributed by atoms with Gasteiger partial charge in [-0.15, -0.1) is 0 Å². The van der Waals surface area contributed by atoms with Crippen LogP contribution in [0.1, 0.15) is 27.9 Å². The third-order valence-electron chi connectivity index (χ3n) is 4.39. The van der Waals surface area contributed by atoms with Gasteiger partial charge in [-0.3, -0.25) is 9.59 Å². The van der Waals surface area contributed by atoms with Crippen molar-refractivity contribution in [3.63, 3.8) is 0 Å². The highest BCUT2D eigenvalue weighted by Crippen LogP contribution is 2.15. The van der Waals surface area contributed by atoms with E-state index in [4.69, 9.17) is 5.11 Å². The fourth-order valence-corrected chi connectivity index (χ4v) is 3.08. The monoisotopic (exact) mass is 352 g/mol. The van der Waals surface area contributed by atoms with Gasteiger partial charge in [-0.1, -0.05) is 42.5 Å². The van der Waals surface area contributed by atoms with Crippen LogP contribution in [0.3, 0.4) is 0 Å². The van der Waals surface area contributed by atoms with Crippen LogP contribution in [0.25, 0.3) is 0 Å². The molecule has 0 unspecified atom stereocenters. The first-order chi connectivity index (χ1) is 12.5. The number of hydrogen-bond donors (Lipinski definition) is 2. The first-order valence-corrected chi connectivity index (χ1v) is 8.47. The van der Waals surface area contributed by atoms with E-state index in [1.54, 1.807) is 17.0 Å². The molecule has 2 aromatic carbocycles. The lowest BCUT2D eigenvalue weighted by Crippen LogP contribution is -2.41. The molecular weight excluding hydrogens is 332 g/mol. The summed E-state index contributed by atoms with van der Waals surface area (Å²) in [6.45, 7) is 1.14. The summed E-state index contributed by atoms with van der Waals surface area (Å²) in [6, 6.07) is 15.5. The summed E-state index contributed by atoms with van der Waals surface area (Å²) in [5.41, 5.74) is 1.80. The second-order valence-electron chi connectivity index (χ2n) is 6.34. The van der Waals surface area contributed by atoms with Gasteiger partial charge in [0, 0.05) is 13.1 Å². The molecule has 3 rings (SSSR count). The number of carboxylic acid groups (broad SMARTS) is 1. The zero-order chi connectivity index (χ0) is 18.5. The van der Waals surface area contributed by atoms with Crippen molar-refractivity contribution in [2.75, 3.05) is 6.54 Å². The molecule has 1 saturated heterocycles. The van der Waals surface area contributed by atoms with Crippen molar-refractivity contribution in [1.29, 1.82) is 0 Å². The SMILES string of the molecule is O=C(Cc1cccc(C(=O)O)c1)N[C@H]1CCN(Cc2ccccc2)C1=O. The standard InChI is InChI=1S/C20H20N2O4/c23-18(12-15-7-4-8-16(11-15)20(25)26)21-17-9-10-22(19(17)24)13-14-5-2-1-3-6-14/h1-8,11,17H,9-10,12-13H2,(H,21,23)(H,25,26)/t17-/m0/s1. The van der Waals surface area contributed by atoms with Crippen LogP contribution in [0.4, 0.5) is 0 Å². The van der Waals surface area contributed by atoms with E-state index >= 15 is 0 Å². The van der Waals surface area contributed by atoms with Crippen LogP contribution in [0.15, 0.2) is 54.6 Å². The number of hydrogen-bond acceptors (Lipinski definition) is 3. The molecule has 134 valence electrons. The fourth-order valence-electron chi connectivity index (χ4n) is 3.08. The Hall–Kier alpha value is -3.15. The molecule has 6 heteroatoms. The Bertz CT molecular complexity index is 820. The molecule has 0 aliphatic carbocycles. The molecule has 0 aromatic heterocycles. The maximum absolute atomic E-state index is 12.5. The Balaban J connectivity index is 1.56. The minimum atomic E-state index is -1.03. The predicted molar refractivity (Wildman–Crippen MR) is 95.5 cm³/mol. The van der Waals surface area contributed by atoms with E-state index in [0.29, 0.717) is 25.1 Å². The molecule has 0 radical (unpaired) electrons. The first-order valence-electron chi connectivity index (χ1n) is 8.47. The largest absolute Gasteiger partial charge is 0.478 e. The summed E-state index contributed by atoms with van der Waals surface area (Å²) in [6.07, 6.45) is 0.621. The van der Waals surface area contributed by atoms with Crippen molar-refractivity contribution in [3.8, 4) is 0 Å². The zero-order valence-electron chi connectivity index (χ0n) is 14.2. The van der Waals surface area contributed by atoms with E-state index in [9.17, 15) is 14.4 Å². The molecule has 2 N–H and O–H groups in total. The second kappa shape index (κ2) is 7.82. The smallest absolute Gasteiger partial charge is 0.335 e. The number of carbonyl (C=O) groups excluding carboxylic acids is 2. The Kier molecular flexibility index (Phi) is 5.31. The normalized spacial score (nSPS) is 16.5. The lowest BCUT2D eigenvalue weighted by molar-refractivity contribution is -0.132. The maximum atomic E-state index is 12.5. The summed E-state index contributed by atoms with van der Waals surface area (Å²) < 4.78 is 0. The molecule has 6 nitrogen and oxygen atoms in total. The van der Waals surface area contributed by atoms with Gasteiger partial charge in [-0.25, -0.2) is 4.79 Å². The van der Waals surface area contributed by atoms with E-state index in [1.807, 2.05) is 30.3 Å². The van der Waals surface area contributed by atoms with Gasteiger partial charge >= 0.3 is 5.97 Å². The number of amides is 2. The molecule has 1 fully saturated rings. The lowest BCUT2D eigenvalue weighted by atomic mass is 10.1. The van der Waals surface area contributed by atoms with Crippen LogP contribution < -0.4 is 5.32 Å². The molecular formula is C20H20N2O4. The molecule has 0 saturated carbocycles. The van der Waals surface area contributed by atoms with Gasteiger partial charge in [-0.2, -0.15) is 0 Å². The maximum Gasteiger partial charge on any atom is 0.335 e. The fraction of sp³-hybridized carbons (Fsp3) is 0.250. The zero-order valence-corrected chi connectivity index (χ0v) is 14.2. The number of nitrogens with zero attached hydrogens (tertiary/aromatic N) is 1. The van der Waals surface area contributed by atoms with Crippen LogP contribution in [0.2, 0.25) is 0 Å². The van der Waals surface area contributed by atoms with Gasteiger partial charge in [0.25, 0.3) is 0 Å². The topological polar surface area (TPSA) is 86.7 Å². The Morgan fingerprint density at radius 2 is 1.81 bits per heavy atom. The average Bonchev–Trinajstić information content (AvgIpc) is 2.96. The van der Waals surface area contributed by atoms with Crippen molar-refractivity contribution in [1.82, 2.24) is 10.2 Å². The molecule has 1 aliphatic rings. The number of benzene rings is 2. The summed E-state index contributed by atoms with van der Waals surface area (Å²) in [5, 5.41) is 11.8. The molecule has 1 atom stereocenters. The molecule has 26 heavy (non-hydrogen) atoms. The van der Waals surface area contributed by atoms with Crippen LogP contribution in [0, 0.1) is 0 Å². The van der Waals surface area contributed by atoms with Gasteiger partial charge in [0.2, 0.25) is 11.8 Å².